The number of hydrogen-bond donors (Lipinski definition) is 0. The smallest absolute Gasteiger partial charge is 0.0693 e. The summed E-state index contributed by atoms with van der Waals surface area (Å²) in [6.07, 6.45) is 6.21. The minimum Gasteiger partial charge on any atom is -0.250 e. The van der Waals surface area contributed by atoms with Crippen LogP contribution in [-0.2, 0) is 0 Å². The maximum atomic E-state index is 3.94. The quantitative estimate of drug-likeness (QED) is 0.583. The van der Waals surface area contributed by atoms with Gasteiger partial charge in [-0.3, -0.25) is 0 Å². The normalized spacial score (nSPS) is 31.7. The summed E-state index contributed by atoms with van der Waals surface area (Å²) < 4.78 is 1.96. The molecule has 1 aliphatic carbocycles. The maximum absolute atomic E-state index is 3.94. The molecule has 0 spiro atoms. The van der Waals surface area contributed by atoms with E-state index in [1.54, 1.807) is 6.20 Å². The topological polar surface area (TPSA) is 30.7 Å². The number of rotatable bonds is 1. The van der Waals surface area contributed by atoms with Crippen LogP contribution >= 0.6 is 0 Å². The molecule has 1 heterocycles. The molecule has 0 atom stereocenters. The third kappa shape index (κ3) is 0.818. The molecule has 0 unspecified atom stereocenters. The fraction of sp³-hybridized carbons (Fsp3) is 0.714. The molecule has 1 aliphatic rings. The Morgan fingerprint density at radius 1 is 1.50 bits per heavy atom. The van der Waals surface area contributed by atoms with E-state index in [1.165, 1.54) is 12.8 Å². The maximum Gasteiger partial charge on any atom is 0.0693 e. The van der Waals surface area contributed by atoms with E-state index in [-0.39, 0.29) is 0 Å². The summed E-state index contributed by atoms with van der Waals surface area (Å²) >= 11 is 0. The lowest BCUT2D eigenvalue weighted by molar-refractivity contribution is 0.197. The first-order valence-corrected chi connectivity index (χ1v) is 3.72. The van der Waals surface area contributed by atoms with Crippen molar-refractivity contribution in [2.45, 2.75) is 25.8 Å². The third-order valence-corrected chi connectivity index (χ3v) is 2.16. The lowest BCUT2D eigenvalue weighted by Gasteiger charge is -2.32. The number of hydrogen-bond acceptors (Lipinski definition) is 2. The molecule has 1 saturated carbocycles. The van der Waals surface area contributed by atoms with Crippen molar-refractivity contribution in [1.82, 2.24) is 15.0 Å². The van der Waals surface area contributed by atoms with Gasteiger partial charge in [-0.2, -0.15) is 0 Å². The average molecular weight is 137 g/mol. The molecular weight excluding hydrogens is 126 g/mol. The Kier molecular flexibility index (Phi) is 1.22. The monoisotopic (exact) mass is 137 g/mol. The molecule has 2 rings (SSSR count). The van der Waals surface area contributed by atoms with Crippen LogP contribution in [-0.4, -0.2) is 15.0 Å². The summed E-state index contributed by atoms with van der Waals surface area (Å²) in [6, 6.07) is 0.637. The Balaban J connectivity index is 2.04. The highest BCUT2D eigenvalue weighted by atomic mass is 15.4. The summed E-state index contributed by atoms with van der Waals surface area (Å²) in [5.41, 5.74) is 0. The molecule has 54 valence electrons. The van der Waals surface area contributed by atoms with E-state index in [1.807, 2.05) is 10.9 Å². The van der Waals surface area contributed by atoms with E-state index >= 15 is 0 Å². The lowest BCUT2D eigenvalue weighted by Crippen LogP contribution is -2.24. The van der Waals surface area contributed by atoms with E-state index in [0.717, 1.165) is 5.92 Å². The molecule has 0 bridgehead atoms. The van der Waals surface area contributed by atoms with Gasteiger partial charge in [0.05, 0.1) is 12.2 Å². The van der Waals surface area contributed by atoms with Gasteiger partial charge in [0.2, 0.25) is 0 Å². The minimum absolute atomic E-state index is 0.637. The van der Waals surface area contributed by atoms with Crippen molar-refractivity contribution in [2.75, 3.05) is 0 Å². The van der Waals surface area contributed by atoms with Crippen molar-refractivity contribution in [2.24, 2.45) is 5.92 Å². The lowest BCUT2D eigenvalue weighted by atomic mass is 9.82. The zero-order valence-electron chi connectivity index (χ0n) is 6.07. The minimum atomic E-state index is 0.637. The molecule has 1 fully saturated rings. The fourth-order valence-electron chi connectivity index (χ4n) is 1.49. The Morgan fingerprint density at radius 2 is 2.30 bits per heavy atom. The van der Waals surface area contributed by atoms with Gasteiger partial charge in [-0.15, -0.1) is 5.10 Å². The first-order chi connectivity index (χ1) is 4.86. The van der Waals surface area contributed by atoms with Crippen LogP contribution in [0.25, 0.3) is 0 Å². The number of aromatic nitrogens is 3. The second kappa shape index (κ2) is 2.08. The van der Waals surface area contributed by atoms with Crippen molar-refractivity contribution >= 4 is 0 Å². The molecule has 1 aromatic rings. The van der Waals surface area contributed by atoms with Crippen LogP contribution in [0.1, 0.15) is 25.8 Å². The van der Waals surface area contributed by atoms with Gasteiger partial charge in [0, 0.05) is 6.20 Å². The van der Waals surface area contributed by atoms with Crippen LogP contribution in [0, 0.1) is 5.92 Å². The van der Waals surface area contributed by atoms with Crippen LogP contribution in [0.4, 0.5) is 0 Å². The van der Waals surface area contributed by atoms with Crippen LogP contribution < -0.4 is 0 Å². The van der Waals surface area contributed by atoms with E-state index in [2.05, 4.69) is 17.2 Å². The predicted molar refractivity (Wildman–Crippen MR) is 37.5 cm³/mol. The summed E-state index contributed by atoms with van der Waals surface area (Å²) in [4.78, 5) is 0. The fourth-order valence-corrected chi connectivity index (χ4v) is 1.49. The Hall–Kier alpha value is -0.860. The second-order valence-corrected chi connectivity index (χ2v) is 3.11. The zero-order valence-corrected chi connectivity index (χ0v) is 6.07. The van der Waals surface area contributed by atoms with Crippen LogP contribution in [0.2, 0.25) is 0 Å². The van der Waals surface area contributed by atoms with E-state index in [4.69, 9.17) is 0 Å². The molecule has 1 aromatic heterocycles. The molecule has 10 heavy (non-hydrogen) atoms. The van der Waals surface area contributed by atoms with Crippen molar-refractivity contribution < 1.29 is 0 Å². The Bertz CT molecular complexity index is 199. The summed E-state index contributed by atoms with van der Waals surface area (Å²) in [5, 5.41) is 7.70. The SMILES string of the molecule is CC1CC(n2ccnn2)C1. The molecule has 0 radical (unpaired) electrons. The highest BCUT2D eigenvalue weighted by molar-refractivity contribution is 4.82. The summed E-state index contributed by atoms with van der Waals surface area (Å²) in [7, 11) is 0. The van der Waals surface area contributed by atoms with Gasteiger partial charge in [0.25, 0.3) is 0 Å². The summed E-state index contributed by atoms with van der Waals surface area (Å²) in [5.74, 6) is 0.884. The molecule has 3 nitrogen and oxygen atoms in total. The van der Waals surface area contributed by atoms with Crippen molar-refractivity contribution in [1.29, 1.82) is 0 Å². The molecule has 0 amide bonds. The molecule has 0 aliphatic heterocycles. The highest BCUT2D eigenvalue weighted by Crippen LogP contribution is 2.36. The van der Waals surface area contributed by atoms with Crippen molar-refractivity contribution in [3.8, 4) is 0 Å². The van der Waals surface area contributed by atoms with Crippen LogP contribution in [0.3, 0.4) is 0 Å². The van der Waals surface area contributed by atoms with Gasteiger partial charge in [-0.05, 0) is 18.8 Å². The van der Waals surface area contributed by atoms with Gasteiger partial charge < -0.3 is 0 Å². The predicted octanol–water partition coefficient (Wildman–Crippen LogP) is 1.25. The van der Waals surface area contributed by atoms with E-state index < -0.39 is 0 Å². The highest BCUT2D eigenvalue weighted by Gasteiger charge is 2.26. The molecule has 0 saturated heterocycles. The van der Waals surface area contributed by atoms with E-state index in [9.17, 15) is 0 Å². The van der Waals surface area contributed by atoms with Crippen molar-refractivity contribution in [3.05, 3.63) is 12.4 Å². The molecule has 3 heteroatoms. The average Bonchev–Trinajstić information content (AvgIpc) is 2.31. The third-order valence-electron chi connectivity index (χ3n) is 2.16. The largest absolute Gasteiger partial charge is 0.250 e. The standard InChI is InChI=1S/C7H11N3/c1-6-4-7(5-6)10-3-2-8-9-10/h2-3,6-7H,4-5H2,1H3. The zero-order chi connectivity index (χ0) is 6.97. The summed E-state index contributed by atoms with van der Waals surface area (Å²) in [6.45, 7) is 2.27. The van der Waals surface area contributed by atoms with E-state index in [0.29, 0.717) is 6.04 Å². The first-order valence-electron chi connectivity index (χ1n) is 3.72. The van der Waals surface area contributed by atoms with Gasteiger partial charge in [-0.25, -0.2) is 4.68 Å². The first kappa shape index (κ1) is 5.89. The molecular formula is C7H11N3. The van der Waals surface area contributed by atoms with Crippen LogP contribution in [0.15, 0.2) is 12.4 Å². The van der Waals surface area contributed by atoms with Gasteiger partial charge in [-0.1, -0.05) is 12.1 Å². The van der Waals surface area contributed by atoms with Gasteiger partial charge in [0.15, 0.2) is 0 Å². The Morgan fingerprint density at radius 3 is 2.80 bits per heavy atom. The van der Waals surface area contributed by atoms with Crippen molar-refractivity contribution in [3.63, 3.8) is 0 Å². The molecule has 0 N–H and O–H groups in total. The van der Waals surface area contributed by atoms with Gasteiger partial charge in [0.1, 0.15) is 0 Å². The van der Waals surface area contributed by atoms with Crippen LogP contribution in [0.5, 0.6) is 0 Å². The molecule has 0 aromatic carbocycles. The second-order valence-electron chi connectivity index (χ2n) is 3.11. The number of nitrogens with zero attached hydrogens (tertiary/aromatic N) is 3. The Labute approximate surface area is 60.0 Å². The van der Waals surface area contributed by atoms with Gasteiger partial charge >= 0.3 is 0 Å².